The normalized spacial score (nSPS) is 20.4. The van der Waals surface area contributed by atoms with Gasteiger partial charge in [0.15, 0.2) is 11.9 Å². The third-order valence-corrected chi connectivity index (χ3v) is 6.01. The Labute approximate surface area is 156 Å². The van der Waals surface area contributed by atoms with Crippen LogP contribution in [0.15, 0.2) is 30.3 Å². The molecule has 1 aliphatic rings. The predicted octanol–water partition coefficient (Wildman–Crippen LogP) is 0.902. The highest BCUT2D eigenvalue weighted by atomic mass is 32.2. The summed E-state index contributed by atoms with van der Waals surface area (Å²) in [6.45, 7) is 5.11. The minimum absolute atomic E-state index is 0.101. The summed E-state index contributed by atoms with van der Waals surface area (Å²) in [5.41, 5.74) is 1.20. The van der Waals surface area contributed by atoms with Crippen LogP contribution in [0.1, 0.15) is 11.4 Å². The van der Waals surface area contributed by atoms with Crippen molar-refractivity contribution in [2.45, 2.75) is 25.4 Å². The van der Waals surface area contributed by atoms with E-state index in [9.17, 15) is 4.79 Å². The lowest BCUT2D eigenvalue weighted by atomic mass is 10.2. The molecule has 8 heteroatoms. The molecule has 1 unspecified atom stereocenters. The van der Waals surface area contributed by atoms with Crippen LogP contribution in [0.2, 0.25) is 0 Å². The van der Waals surface area contributed by atoms with Crippen molar-refractivity contribution in [2.75, 3.05) is 26.0 Å². The molecule has 3 rings (SSSR count). The lowest BCUT2D eigenvalue weighted by Gasteiger charge is -2.27. The number of methoxy groups -OCH3 is 1. The quantitative estimate of drug-likeness (QED) is 0.618. The predicted molar refractivity (Wildman–Crippen MR) is 100 cm³/mol. The van der Waals surface area contributed by atoms with Gasteiger partial charge in [0.05, 0.1) is 20.2 Å². The van der Waals surface area contributed by atoms with E-state index in [1.54, 1.807) is 11.8 Å². The standard InChI is InChI=1S/C17H22N4O2S2/c1-13-18-21(12-19-8-9-25-15(11-19)16(22)23-2)17(24)20(13)10-14-6-4-3-5-7-14/h3-7,15H,8-12H2,1-2H3/p+1/t15-/m1/s1. The molecule has 1 fully saturated rings. The zero-order chi connectivity index (χ0) is 17.8. The van der Waals surface area contributed by atoms with Crippen LogP contribution in [0.4, 0.5) is 0 Å². The molecule has 2 atom stereocenters. The number of hydrogen-bond acceptors (Lipinski definition) is 5. The number of thioether (sulfide) groups is 1. The second kappa shape index (κ2) is 8.16. The topological polar surface area (TPSA) is 53.5 Å². The van der Waals surface area contributed by atoms with Gasteiger partial charge in [-0.3, -0.25) is 9.36 Å². The molecule has 0 aliphatic carbocycles. The summed E-state index contributed by atoms with van der Waals surface area (Å²) in [4.78, 5) is 13.1. The van der Waals surface area contributed by atoms with Gasteiger partial charge in [0.25, 0.3) is 0 Å². The van der Waals surface area contributed by atoms with Gasteiger partial charge in [-0.05, 0) is 24.7 Å². The van der Waals surface area contributed by atoms with Crippen molar-refractivity contribution >= 4 is 29.9 Å². The van der Waals surface area contributed by atoms with Gasteiger partial charge in [-0.2, -0.15) is 9.78 Å². The Morgan fingerprint density at radius 2 is 2.20 bits per heavy atom. The van der Waals surface area contributed by atoms with Gasteiger partial charge in [0.1, 0.15) is 12.4 Å². The summed E-state index contributed by atoms with van der Waals surface area (Å²) < 4.78 is 9.54. The van der Waals surface area contributed by atoms with Gasteiger partial charge >= 0.3 is 5.97 Å². The summed E-state index contributed by atoms with van der Waals surface area (Å²) in [6, 6.07) is 10.2. The molecule has 1 aliphatic heterocycles. The van der Waals surface area contributed by atoms with E-state index in [-0.39, 0.29) is 11.2 Å². The Balaban J connectivity index is 1.72. The zero-order valence-electron chi connectivity index (χ0n) is 14.5. The number of nitrogens with one attached hydrogen (secondary N) is 1. The minimum Gasteiger partial charge on any atom is -0.468 e. The number of esters is 1. The van der Waals surface area contributed by atoms with Crippen LogP contribution in [0.25, 0.3) is 0 Å². The summed E-state index contributed by atoms with van der Waals surface area (Å²) >= 11 is 7.31. The second-order valence-corrected chi connectivity index (χ2v) is 7.82. The molecule has 0 radical (unpaired) electrons. The first kappa shape index (κ1) is 18.2. The average Bonchev–Trinajstić information content (AvgIpc) is 2.89. The molecule has 25 heavy (non-hydrogen) atoms. The lowest BCUT2D eigenvalue weighted by Crippen LogP contribution is -3.14. The van der Waals surface area contributed by atoms with Crippen molar-refractivity contribution in [3.8, 4) is 0 Å². The molecule has 0 amide bonds. The highest BCUT2D eigenvalue weighted by Crippen LogP contribution is 2.13. The van der Waals surface area contributed by atoms with Crippen LogP contribution in [-0.2, 0) is 22.7 Å². The number of carbonyl (C=O) groups is 1. The molecule has 1 N–H and O–H groups in total. The second-order valence-electron chi connectivity index (χ2n) is 6.15. The first-order chi connectivity index (χ1) is 12.1. The van der Waals surface area contributed by atoms with E-state index >= 15 is 0 Å². The number of carbonyl (C=O) groups excluding carboxylic acids is 1. The Morgan fingerprint density at radius 1 is 1.44 bits per heavy atom. The highest BCUT2D eigenvalue weighted by molar-refractivity contribution is 8.00. The largest absolute Gasteiger partial charge is 0.468 e. The maximum atomic E-state index is 11.8. The number of benzene rings is 1. The first-order valence-electron chi connectivity index (χ1n) is 8.29. The Bertz CT molecular complexity index is 788. The molecule has 1 saturated heterocycles. The number of rotatable bonds is 5. The number of quaternary nitrogens is 1. The molecule has 2 heterocycles. The molecule has 6 nitrogen and oxygen atoms in total. The fourth-order valence-corrected chi connectivity index (χ4v) is 4.59. The molecule has 0 spiro atoms. The van der Waals surface area contributed by atoms with Gasteiger partial charge in [-0.1, -0.05) is 30.3 Å². The Hall–Kier alpha value is -1.64. The van der Waals surface area contributed by atoms with Crippen molar-refractivity contribution in [3.05, 3.63) is 46.5 Å². The molecule has 134 valence electrons. The SMILES string of the molecule is COC(=O)[C@H]1C[NH+](Cn2nc(C)n(Cc3ccccc3)c2=S)CCS1. The van der Waals surface area contributed by atoms with E-state index in [0.29, 0.717) is 6.67 Å². The maximum absolute atomic E-state index is 11.8. The van der Waals surface area contributed by atoms with Crippen LogP contribution < -0.4 is 4.90 Å². The van der Waals surface area contributed by atoms with Gasteiger partial charge in [0.2, 0.25) is 4.77 Å². The monoisotopic (exact) mass is 379 g/mol. The summed E-state index contributed by atoms with van der Waals surface area (Å²) in [5, 5.41) is 4.52. The zero-order valence-corrected chi connectivity index (χ0v) is 16.1. The van der Waals surface area contributed by atoms with Crippen molar-refractivity contribution in [2.24, 2.45) is 0 Å². The maximum Gasteiger partial charge on any atom is 0.324 e. The summed E-state index contributed by atoms with van der Waals surface area (Å²) in [5.74, 6) is 1.70. The van der Waals surface area contributed by atoms with Crippen molar-refractivity contribution in [3.63, 3.8) is 0 Å². The average molecular weight is 380 g/mol. The van der Waals surface area contributed by atoms with Crippen molar-refractivity contribution in [1.29, 1.82) is 0 Å². The molecule has 1 aromatic heterocycles. The Kier molecular flexibility index (Phi) is 5.93. The van der Waals surface area contributed by atoms with Crippen LogP contribution in [0, 0.1) is 11.7 Å². The fraction of sp³-hybridized carbons (Fsp3) is 0.471. The third-order valence-electron chi connectivity index (χ3n) is 4.38. The summed E-state index contributed by atoms with van der Waals surface area (Å²) in [6.07, 6.45) is 0. The molecule has 0 saturated carbocycles. The van der Waals surface area contributed by atoms with Gasteiger partial charge in [0, 0.05) is 5.75 Å². The van der Waals surface area contributed by atoms with E-state index in [1.165, 1.54) is 17.6 Å². The minimum atomic E-state index is -0.142. The molecular weight excluding hydrogens is 356 g/mol. The number of ether oxygens (including phenoxy) is 1. The van der Waals surface area contributed by atoms with Crippen LogP contribution in [-0.4, -0.2) is 51.5 Å². The number of hydrogen-bond donors (Lipinski definition) is 1. The van der Waals surface area contributed by atoms with E-state index in [1.807, 2.05) is 29.8 Å². The van der Waals surface area contributed by atoms with Crippen molar-refractivity contribution in [1.82, 2.24) is 14.3 Å². The lowest BCUT2D eigenvalue weighted by molar-refractivity contribution is -0.921. The summed E-state index contributed by atoms with van der Waals surface area (Å²) in [7, 11) is 1.45. The van der Waals surface area contributed by atoms with Gasteiger partial charge in [-0.15, -0.1) is 11.8 Å². The van der Waals surface area contributed by atoms with E-state index in [0.717, 1.165) is 36.0 Å². The Morgan fingerprint density at radius 3 is 2.92 bits per heavy atom. The molecule has 1 aromatic carbocycles. The van der Waals surface area contributed by atoms with E-state index in [2.05, 4.69) is 21.8 Å². The number of aryl methyl sites for hydroxylation is 1. The molecule has 0 bridgehead atoms. The van der Waals surface area contributed by atoms with Crippen LogP contribution >= 0.6 is 24.0 Å². The highest BCUT2D eigenvalue weighted by Gasteiger charge is 2.30. The smallest absolute Gasteiger partial charge is 0.324 e. The van der Waals surface area contributed by atoms with Crippen molar-refractivity contribution < 1.29 is 14.4 Å². The van der Waals surface area contributed by atoms with Crippen LogP contribution in [0.3, 0.4) is 0 Å². The fourth-order valence-electron chi connectivity index (χ4n) is 3.01. The third kappa shape index (κ3) is 4.31. The molecular formula is C17H23N4O2S2+. The number of aromatic nitrogens is 3. The number of nitrogens with zero attached hydrogens (tertiary/aromatic N) is 3. The van der Waals surface area contributed by atoms with E-state index in [4.69, 9.17) is 17.0 Å². The van der Waals surface area contributed by atoms with E-state index < -0.39 is 0 Å². The molecule has 2 aromatic rings. The van der Waals surface area contributed by atoms with Gasteiger partial charge < -0.3 is 9.64 Å². The van der Waals surface area contributed by atoms with Crippen LogP contribution in [0.5, 0.6) is 0 Å². The first-order valence-corrected chi connectivity index (χ1v) is 9.75. The van der Waals surface area contributed by atoms with Gasteiger partial charge in [-0.25, -0.2) is 0 Å².